The van der Waals surface area contributed by atoms with E-state index in [0.717, 1.165) is 0 Å². The fourth-order valence-corrected chi connectivity index (χ4v) is 3.81. The van der Waals surface area contributed by atoms with Gasteiger partial charge in [0.05, 0.1) is 0 Å². The molecule has 0 bridgehead atoms. The first-order valence-electron chi connectivity index (χ1n) is 10.4. The van der Waals surface area contributed by atoms with Gasteiger partial charge in [0, 0.05) is 0 Å². The van der Waals surface area contributed by atoms with Crippen molar-refractivity contribution < 1.29 is 9.47 Å². The van der Waals surface area contributed by atoms with Crippen LogP contribution in [0.5, 0.6) is 0 Å². The molecule has 4 aromatic rings. The van der Waals surface area contributed by atoms with E-state index in [1.165, 1.54) is 22.3 Å². The Bertz CT molecular complexity index is 873. The highest BCUT2D eigenvalue weighted by atomic mass is 16.6. The minimum absolute atomic E-state index is 0.258. The zero-order chi connectivity index (χ0) is 20.2. The molecule has 0 radical (unpaired) electrons. The van der Waals surface area contributed by atoms with Crippen molar-refractivity contribution in [1.29, 1.82) is 0 Å². The van der Waals surface area contributed by atoms with E-state index in [2.05, 4.69) is 97.1 Å². The fraction of sp³-hybridized carbons (Fsp3) is 0.143. The van der Waals surface area contributed by atoms with Crippen LogP contribution in [0, 0.1) is 0 Å². The van der Waals surface area contributed by atoms with Crippen LogP contribution in [0.25, 0.3) is 0 Å². The number of benzene rings is 4. The molecule has 0 amide bonds. The van der Waals surface area contributed by atoms with Crippen molar-refractivity contribution in [3.05, 3.63) is 144 Å². The molecule has 30 heavy (non-hydrogen) atoms. The molecule has 0 N–H and O–H groups in total. The lowest BCUT2D eigenvalue weighted by Gasteiger charge is -1.95. The Morgan fingerprint density at radius 2 is 0.500 bits per heavy atom. The molecule has 4 unspecified atom stereocenters. The summed E-state index contributed by atoms with van der Waals surface area (Å²) < 4.78 is 11.4. The van der Waals surface area contributed by atoms with Gasteiger partial charge in [-0.1, -0.05) is 121 Å². The minimum Gasteiger partial charge on any atom is -0.359 e. The average Bonchev–Trinajstić information content (AvgIpc) is 3.76. The second-order valence-electron chi connectivity index (χ2n) is 7.60. The predicted molar refractivity (Wildman–Crippen MR) is 119 cm³/mol. The lowest BCUT2D eigenvalue weighted by molar-refractivity contribution is 0.377. The molecule has 2 aliphatic heterocycles. The zero-order valence-electron chi connectivity index (χ0n) is 16.7. The van der Waals surface area contributed by atoms with Gasteiger partial charge in [-0.25, -0.2) is 0 Å². The average molecular weight is 392 g/mol. The third kappa shape index (κ3) is 4.35. The van der Waals surface area contributed by atoms with E-state index in [0.29, 0.717) is 0 Å². The lowest BCUT2D eigenvalue weighted by Crippen LogP contribution is -1.82. The largest absolute Gasteiger partial charge is 0.359 e. The van der Waals surface area contributed by atoms with Gasteiger partial charge in [0.25, 0.3) is 0 Å². The predicted octanol–water partition coefficient (Wildman–Crippen LogP) is 7.00. The SMILES string of the molecule is c1ccc(C2OC2c2ccccc2)cc1.c1ccc(C2OC2c2ccccc2)cc1. The third-order valence-corrected chi connectivity index (χ3v) is 5.50. The molecule has 4 aromatic carbocycles. The Kier molecular flexibility index (Phi) is 5.43. The summed E-state index contributed by atoms with van der Waals surface area (Å²) in [5.74, 6) is 0. The molecule has 2 nitrogen and oxygen atoms in total. The fourth-order valence-electron chi connectivity index (χ4n) is 3.81. The van der Waals surface area contributed by atoms with Crippen molar-refractivity contribution >= 4 is 0 Å². The van der Waals surface area contributed by atoms with Crippen LogP contribution in [0.3, 0.4) is 0 Å². The second kappa shape index (κ2) is 8.66. The first-order valence-corrected chi connectivity index (χ1v) is 10.4. The van der Waals surface area contributed by atoms with Gasteiger partial charge in [-0.3, -0.25) is 0 Å². The van der Waals surface area contributed by atoms with E-state index >= 15 is 0 Å². The van der Waals surface area contributed by atoms with Crippen molar-refractivity contribution in [1.82, 2.24) is 0 Å². The van der Waals surface area contributed by atoms with E-state index in [9.17, 15) is 0 Å². The molecular formula is C28H24O2. The van der Waals surface area contributed by atoms with Crippen LogP contribution < -0.4 is 0 Å². The van der Waals surface area contributed by atoms with Crippen LogP contribution >= 0.6 is 0 Å². The number of rotatable bonds is 4. The molecule has 0 aliphatic carbocycles. The molecule has 2 heterocycles. The van der Waals surface area contributed by atoms with Gasteiger partial charge in [0.1, 0.15) is 24.4 Å². The van der Waals surface area contributed by atoms with Gasteiger partial charge in [0.15, 0.2) is 0 Å². The van der Waals surface area contributed by atoms with Crippen LogP contribution in [-0.4, -0.2) is 0 Å². The molecule has 0 saturated carbocycles. The maximum atomic E-state index is 5.69. The molecule has 2 saturated heterocycles. The first kappa shape index (κ1) is 18.8. The highest BCUT2D eigenvalue weighted by molar-refractivity contribution is 5.30. The summed E-state index contributed by atoms with van der Waals surface area (Å²) >= 11 is 0. The molecule has 0 spiro atoms. The van der Waals surface area contributed by atoms with E-state index in [-0.39, 0.29) is 24.4 Å². The summed E-state index contributed by atoms with van der Waals surface area (Å²) in [4.78, 5) is 0. The normalized spacial score (nSPS) is 23.7. The van der Waals surface area contributed by atoms with Gasteiger partial charge >= 0.3 is 0 Å². The van der Waals surface area contributed by atoms with E-state index in [1.807, 2.05) is 24.3 Å². The molecule has 2 fully saturated rings. The Morgan fingerprint density at radius 1 is 0.300 bits per heavy atom. The van der Waals surface area contributed by atoms with Gasteiger partial charge in [0.2, 0.25) is 0 Å². The standard InChI is InChI=1S/2C14H12O/c2*1-3-7-11(8-4-1)13-14(15-13)12-9-5-2-6-10-12/h2*1-10,13-14H. The van der Waals surface area contributed by atoms with E-state index < -0.39 is 0 Å². The third-order valence-electron chi connectivity index (χ3n) is 5.50. The lowest BCUT2D eigenvalue weighted by atomic mass is 10.0. The molecule has 0 aromatic heterocycles. The summed E-state index contributed by atoms with van der Waals surface area (Å²) in [7, 11) is 0. The van der Waals surface area contributed by atoms with E-state index in [1.54, 1.807) is 0 Å². The van der Waals surface area contributed by atoms with Crippen molar-refractivity contribution in [2.45, 2.75) is 24.4 Å². The monoisotopic (exact) mass is 392 g/mol. The second-order valence-corrected chi connectivity index (χ2v) is 7.60. The van der Waals surface area contributed by atoms with E-state index in [4.69, 9.17) is 9.47 Å². The van der Waals surface area contributed by atoms with Gasteiger partial charge in [-0.05, 0) is 22.3 Å². The van der Waals surface area contributed by atoms with Crippen molar-refractivity contribution in [3.8, 4) is 0 Å². The van der Waals surface area contributed by atoms with Crippen LogP contribution in [0.4, 0.5) is 0 Å². The smallest absolute Gasteiger partial charge is 0.114 e. The molecule has 2 aliphatic rings. The van der Waals surface area contributed by atoms with Crippen LogP contribution in [0.1, 0.15) is 46.7 Å². The summed E-state index contributed by atoms with van der Waals surface area (Å²) in [6.45, 7) is 0. The Morgan fingerprint density at radius 3 is 0.700 bits per heavy atom. The summed E-state index contributed by atoms with van der Waals surface area (Å²) in [5.41, 5.74) is 5.08. The van der Waals surface area contributed by atoms with Crippen molar-refractivity contribution in [2.75, 3.05) is 0 Å². The highest BCUT2D eigenvalue weighted by Crippen LogP contribution is 2.51. The van der Waals surface area contributed by atoms with Crippen molar-refractivity contribution in [3.63, 3.8) is 0 Å². The highest BCUT2D eigenvalue weighted by Gasteiger charge is 2.41. The van der Waals surface area contributed by atoms with Crippen LogP contribution in [0.15, 0.2) is 121 Å². The Balaban J connectivity index is 0.000000128. The summed E-state index contributed by atoms with van der Waals surface area (Å²) in [5, 5.41) is 0. The van der Waals surface area contributed by atoms with Gasteiger partial charge in [-0.2, -0.15) is 0 Å². The number of epoxide rings is 2. The van der Waals surface area contributed by atoms with Gasteiger partial charge in [-0.15, -0.1) is 0 Å². The number of hydrogen-bond donors (Lipinski definition) is 0. The maximum absolute atomic E-state index is 5.69. The minimum atomic E-state index is 0.258. The van der Waals surface area contributed by atoms with Crippen molar-refractivity contribution in [2.24, 2.45) is 0 Å². The Hall–Kier alpha value is -3.20. The molecule has 2 heteroatoms. The zero-order valence-corrected chi connectivity index (χ0v) is 16.7. The summed E-state index contributed by atoms with van der Waals surface area (Å²) in [6.07, 6.45) is 1.03. The summed E-state index contributed by atoms with van der Waals surface area (Å²) in [6, 6.07) is 41.5. The molecule has 4 atom stereocenters. The number of hydrogen-bond acceptors (Lipinski definition) is 2. The first-order chi connectivity index (χ1) is 14.9. The molecule has 6 rings (SSSR count). The maximum Gasteiger partial charge on any atom is 0.114 e. The number of ether oxygens (including phenoxy) is 2. The quantitative estimate of drug-likeness (QED) is 0.349. The Labute approximate surface area is 177 Å². The van der Waals surface area contributed by atoms with Crippen LogP contribution in [0.2, 0.25) is 0 Å². The van der Waals surface area contributed by atoms with Crippen LogP contribution in [-0.2, 0) is 9.47 Å². The molecule has 148 valence electrons. The molecular weight excluding hydrogens is 368 g/mol. The van der Waals surface area contributed by atoms with Gasteiger partial charge < -0.3 is 9.47 Å². The topological polar surface area (TPSA) is 25.1 Å².